The van der Waals surface area contributed by atoms with Crippen molar-refractivity contribution in [2.24, 2.45) is 0 Å². The zero-order valence-electron chi connectivity index (χ0n) is 15.2. The zero-order chi connectivity index (χ0) is 19.8. The number of H-pyrrole nitrogens is 1. The first-order valence-corrected chi connectivity index (χ1v) is 9.00. The van der Waals surface area contributed by atoms with E-state index in [1.165, 1.54) is 22.7 Å². The van der Waals surface area contributed by atoms with Crippen LogP contribution in [0.1, 0.15) is 30.7 Å². The number of fused-ring (bicyclic) bond motifs is 1. The third kappa shape index (κ3) is 2.89. The number of nitriles is 1. The number of hydrogen-bond donors (Lipinski definition) is 2. The average Bonchev–Trinajstić information content (AvgIpc) is 3.07. The van der Waals surface area contributed by atoms with Gasteiger partial charge in [0, 0.05) is 40.1 Å². The maximum absolute atomic E-state index is 13.5. The highest BCUT2D eigenvalue weighted by atomic mass is 19.1. The van der Waals surface area contributed by atoms with Gasteiger partial charge in [-0.15, -0.1) is 0 Å². The maximum Gasteiger partial charge on any atom is 0.272 e. The molecule has 1 atom stereocenters. The van der Waals surface area contributed by atoms with Crippen molar-refractivity contribution < 1.29 is 4.39 Å². The number of anilines is 1. The summed E-state index contributed by atoms with van der Waals surface area (Å²) in [6.45, 7) is 1.96. The highest BCUT2D eigenvalue weighted by Gasteiger charge is 2.21. The van der Waals surface area contributed by atoms with Crippen molar-refractivity contribution in [2.45, 2.75) is 25.7 Å². The first-order chi connectivity index (χ1) is 13.5. The van der Waals surface area contributed by atoms with Crippen LogP contribution in [0.25, 0.3) is 16.8 Å². The monoisotopic (exact) mass is 375 g/mol. The van der Waals surface area contributed by atoms with E-state index in [0.717, 1.165) is 5.69 Å². The van der Waals surface area contributed by atoms with Gasteiger partial charge in [-0.3, -0.25) is 9.89 Å². The summed E-state index contributed by atoms with van der Waals surface area (Å²) in [6, 6.07) is 7.82. The molecular formula is C21H18FN5O. The lowest BCUT2D eigenvalue weighted by Gasteiger charge is -2.13. The summed E-state index contributed by atoms with van der Waals surface area (Å²) in [5.41, 5.74) is 9.93. The Balaban J connectivity index is 1.92. The molecule has 2 aromatic heterocycles. The Labute approximate surface area is 160 Å². The number of aromatic nitrogens is 3. The highest BCUT2D eigenvalue weighted by molar-refractivity contribution is 5.87. The number of rotatable bonds is 3. The minimum absolute atomic E-state index is 0.0896. The second-order valence-corrected chi connectivity index (χ2v) is 6.70. The molecule has 3 aromatic rings. The lowest BCUT2D eigenvalue weighted by molar-refractivity contribution is 0.628. The van der Waals surface area contributed by atoms with E-state index in [-0.39, 0.29) is 17.2 Å². The summed E-state index contributed by atoms with van der Waals surface area (Å²) in [4.78, 5) is 17.5. The smallest absolute Gasteiger partial charge is 0.272 e. The molecule has 0 spiro atoms. The Kier molecular flexibility index (Phi) is 4.32. The van der Waals surface area contributed by atoms with Gasteiger partial charge in [0.05, 0.1) is 11.8 Å². The summed E-state index contributed by atoms with van der Waals surface area (Å²) in [5, 5.41) is 12.1. The molecule has 2 heterocycles. The third-order valence-electron chi connectivity index (χ3n) is 4.96. The molecule has 1 aliphatic carbocycles. The van der Waals surface area contributed by atoms with E-state index in [2.05, 4.69) is 11.2 Å². The van der Waals surface area contributed by atoms with Crippen molar-refractivity contribution in [3.8, 4) is 17.2 Å². The molecule has 0 bridgehead atoms. The molecule has 0 saturated carbocycles. The molecule has 0 saturated heterocycles. The molecule has 7 heteroatoms. The highest BCUT2D eigenvalue weighted by Crippen LogP contribution is 2.33. The maximum atomic E-state index is 13.5. The molecule has 1 unspecified atom stereocenters. The second kappa shape index (κ2) is 6.82. The minimum Gasteiger partial charge on any atom is -0.398 e. The normalized spacial score (nSPS) is 16.2. The molecule has 1 aliphatic rings. The van der Waals surface area contributed by atoms with Gasteiger partial charge in [0.15, 0.2) is 5.65 Å². The Morgan fingerprint density at radius 1 is 1.43 bits per heavy atom. The number of benzene rings is 1. The summed E-state index contributed by atoms with van der Waals surface area (Å²) in [6.07, 6.45) is 6.69. The molecule has 28 heavy (non-hydrogen) atoms. The van der Waals surface area contributed by atoms with Crippen LogP contribution in [0.3, 0.4) is 0 Å². The van der Waals surface area contributed by atoms with Gasteiger partial charge in [-0.2, -0.15) is 5.26 Å². The van der Waals surface area contributed by atoms with E-state index in [4.69, 9.17) is 16.0 Å². The van der Waals surface area contributed by atoms with E-state index in [1.54, 1.807) is 12.1 Å². The molecule has 1 aromatic carbocycles. The fraction of sp³-hybridized carbons (Fsp3) is 0.190. The Bertz CT molecular complexity index is 1240. The summed E-state index contributed by atoms with van der Waals surface area (Å²) >= 11 is 0. The summed E-state index contributed by atoms with van der Waals surface area (Å²) in [7, 11) is 0. The molecule has 0 aliphatic heterocycles. The van der Waals surface area contributed by atoms with Crippen molar-refractivity contribution in [3.05, 3.63) is 75.6 Å². The first kappa shape index (κ1) is 17.7. The number of hydrogen-bond acceptors (Lipinski definition) is 4. The topological polar surface area (TPSA) is 100.0 Å². The molecule has 140 valence electrons. The van der Waals surface area contributed by atoms with E-state index in [1.807, 2.05) is 19.1 Å². The number of nitrogens with zero attached hydrogens (tertiary/aromatic N) is 3. The predicted octanol–water partition coefficient (Wildman–Crippen LogP) is 3.47. The molecule has 4 rings (SSSR count). The van der Waals surface area contributed by atoms with Crippen LogP contribution < -0.4 is 11.3 Å². The van der Waals surface area contributed by atoms with Crippen molar-refractivity contribution in [2.75, 3.05) is 5.73 Å². The number of nitrogens with two attached hydrogens (primary N) is 1. The van der Waals surface area contributed by atoms with Gasteiger partial charge >= 0.3 is 0 Å². The van der Waals surface area contributed by atoms with Crippen molar-refractivity contribution in [3.63, 3.8) is 0 Å². The number of nitrogen functional groups attached to an aromatic ring is 1. The van der Waals surface area contributed by atoms with Crippen LogP contribution in [0.15, 0.2) is 52.9 Å². The van der Waals surface area contributed by atoms with Gasteiger partial charge in [0.2, 0.25) is 0 Å². The molecule has 0 radical (unpaired) electrons. The lowest BCUT2D eigenvalue weighted by atomic mass is 9.94. The van der Waals surface area contributed by atoms with Crippen LogP contribution in [0, 0.1) is 17.1 Å². The van der Waals surface area contributed by atoms with E-state index in [0.29, 0.717) is 40.9 Å². The number of aryl methyl sites for hydroxylation is 1. The molecule has 0 fully saturated rings. The summed E-state index contributed by atoms with van der Waals surface area (Å²) < 4.78 is 14.9. The van der Waals surface area contributed by atoms with Gasteiger partial charge in [-0.25, -0.2) is 13.9 Å². The first-order valence-electron chi connectivity index (χ1n) is 9.00. The van der Waals surface area contributed by atoms with Crippen molar-refractivity contribution >= 4 is 11.3 Å². The van der Waals surface area contributed by atoms with E-state index >= 15 is 0 Å². The van der Waals surface area contributed by atoms with Crippen LogP contribution in [-0.2, 0) is 6.42 Å². The second-order valence-electron chi connectivity index (χ2n) is 6.70. The molecular weight excluding hydrogens is 357 g/mol. The Hall–Kier alpha value is -3.66. The van der Waals surface area contributed by atoms with Gasteiger partial charge in [-0.1, -0.05) is 19.1 Å². The summed E-state index contributed by atoms with van der Waals surface area (Å²) in [5.74, 6) is -0.509. The number of halogens is 1. The third-order valence-corrected chi connectivity index (χ3v) is 4.96. The Morgan fingerprint density at radius 3 is 2.89 bits per heavy atom. The van der Waals surface area contributed by atoms with Gasteiger partial charge in [0.1, 0.15) is 5.82 Å². The van der Waals surface area contributed by atoms with Gasteiger partial charge < -0.3 is 5.73 Å². The quantitative estimate of drug-likeness (QED) is 0.685. The predicted molar refractivity (Wildman–Crippen MR) is 105 cm³/mol. The standard InChI is InChI=1S/C21H18FN5O/c1-2-17-20(15-8-7-14(22)9-16(15)24)21-25-18(10-19(28)27(21)26-17)13-5-3-12(11-23)4-6-13/h3-5,7-10,13,26H,2,6,24H2,1H3. The molecule has 6 nitrogen and oxygen atoms in total. The number of aromatic amines is 1. The lowest BCUT2D eigenvalue weighted by Crippen LogP contribution is -2.17. The average molecular weight is 375 g/mol. The van der Waals surface area contributed by atoms with Crippen molar-refractivity contribution in [1.82, 2.24) is 14.6 Å². The largest absolute Gasteiger partial charge is 0.398 e. The zero-order valence-corrected chi connectivity index (χ0v) is 15.2. The molecule has 0 amide bonds. The number of nitrogens with one attached hydrogen (secondary N) is 1. The van der Waals surface area contributed by atoms with Gasteiger partial charge in [-0.05, 0) is 37.1 Å². The van der Waals surface area contributed by atoms with E-state index < -0.39 is 5.82 Å². The minimum atomic E-state index is -0.419. The van der Waals surface area contributed by atoms with Crippen LogP contribution in [-0.4, -0.2) is 14.6 Å². The van der Waals surface area contributed by atoms with Crippen molar-refractivity contribution in [1.29, 1.82) is 5.26 Å². The number of allylic oxidation sites excluding steroid dienone is 4. The van der Waals surface area contributed by atoms with Crippen LogP contribution in [0.2, 0.25) is 0 Å². The Morgan fingerprint density at radius 2 is 2.25 bits per heavy atom. The fourth-order valence-corrected chi connectivity index (χ4v) is 3.51. The SMILES string of the molecule is CCc1[nH]n2c(=O)cc(C3C=CC(C#N)=CC3)nc2c1-c1ccc(F)cc1N. The van der Waals surface area contributed by atoms with Crippen LogP contribution in [0.5, 0.6) is 0 Å². The molecule has 3 N–H and O–H groups in total. The fourth-order valence-electron chi connectivity index (χ4n) is 3.51. The van der Waals surface area contributed by atoms with Crippen LogP contribution >= 0.6 is 0 Å². The van der Waals surface area contributed by atoms with Crippen LogP contribution in [0.4, 0.5) is 10.1 Å². The van der Waals surface area contributed by atoms with E-state index in [9.17, 15) is 9.18 Å². The van der Waals surface area contributed by atoms with Gasteiger partial charge in [0.25, 0.3) is 5.56 Å².